The number of carbonyl (C=O) groups is 1. The summed E-state index contributed by atoms with van der Waals surface area (Å²) in [6.45, 7) is -0.399. The van der Waals surface area contributed by atoms with E-state index in [2.05, 4.69) is 5.32 Å². The number of carboxylic acids is 1. The lowest BCUT2D eigenvalue weighted by molar-refractivity contribution is -0.131. The molecule has 0 aliphatic carbocycles. The molecule has 0 aliphatic rings. The van der Waals surface area contributed by atoms with E-state index in [1.54, 1.807) is 0 Å². The first-order valence-electron chi connectivity index (χ1n) is 4.63. The van der Waals surface area contributed by atoms with E-state index in [0.717, 1.165) is 0 Å². The van der Waals surface area contributed by atoms with E-state index in [4.69, 9.17) is 16.7 Å². The van der Waals surface area contributed by atoms with Gasteiger partial charge in [0.2, 0.25) is 0 Å². The third-order valence-corrected chi connectivity index (χ3v) is 2.27. The Labute approximate surface area is 100 Å². The van der Waals surface area contributed by atoms with Gasteiger partial charge < -0.3 is 10.4 Å². The first-order chi connectivity index (χ1) is 7.81. The summed E-state index contributed by atoms with van der Waals surface area (Å²) in [5.41, 5.74) is -0.148. The van der Waals surface area contributed by atoms with Gasteiger partial charge in [0.05, 0.1) is 17.1 Å². The van der Waals surface area contributed by atoms with Crippen LogP contribution in [0.15, 0.2) is 18.2 Å². The number of benzene rings is 1. The SMILES string of the molecule is O=C(O)c1c(Cl)cccc1NCCC(F)(F)F. The standard InChI is InChI=1S/C10H9ClF3NO2/c11-6-2-1-3-7(8(6)9(16)17)15-5-4-10(12,13)14/h1-3,15H,4-5H2,(H,16,17). The van der Waals surface area contributed by atoms with Gasteiger partial charge in [0.15, 0.2) is 0 Å². The summed E-state index contributed by atoms with van der Waals surface area (Å²) in [5, 5.41) is 11.2. The molecule has 7 heteroatoms. The number of anilines is 1. The molecule has 17 heavy (non-hydrogen) atoms. The zero-order valence-corrected chi connectivity index (χ0v) is 9.27. The van der Waals surface area contributed by atoms with E-state index in [1.165, 1.54) is 18.2 Å². The number of alkyl halides is 3. The van der Waals surface area contributed by atoms with Crippen LogP contribution in [0.4, 0.5) is 18.9 Å². The summed E-state index contributed by atoms with van der Waals surface area (Å²) in [4.78, 5) is 10.9. The average Bonchev–Trinajstić information content (AvgIpc) is 2.14. The van der Waals surface area contributed by atoms with Crippen molar-refractivity contribution in [2.75, 3.05) is 11.9 Å². The van der Waals surface area contributed by atoms with Crippen molar-refractivity contribution < 1.29 is 23.1 Å². The lowest BCUT2D eigenvalue weighted by atomic mass is 10.1. The molecule has 0 spiro atoms. The van der Waals surface area contributed by atoms with E-state index in [9.17, 15) is 18.0 Å². The number of rotatable bonds is 4. The van der Waals surface area contributed by atoms with Crippen LogP contribution in [0.2, 0.25) is 5.02 Å². The van der Waals surface area contributed by atoms with Crippen LogP contribution in [-0.2, 0) is 0 Å². The predicted molar refractivity (Wildman–Crippen MR) is 57.6 cm³/mol. The Morgan fingerprint density at radius 1 is 1.41 bits per heavy atom. The van der Waals surface area contributed by atoms with Gasteiger partial charge in [-0.15, -0.1) is 0 Å². The second kappa shape index (κ2) is 5.27. The van der Waals surface area contributed by atoms with Gasteiger partial charge in [0.1, 0.15) is 5.56 Å². The smallest absolute Gasteiger partial charge is 0.390 e. The van der Waals surface area contributed by atoms with Gasteiger partial charge in [0, 0.05) is 6.54 Å². The molecular weight excluding hydrogens is 259 g/mol. The van der Waals surface area contributed by atoms with Crippen molar-refractivity contribution >= 4 is 23.3 Å². The molecule has 0 atom stereocenters. The minimum absolute atomic E-state index is 0.0190. The van der Waals surface area contributed by atoms with Gasteiger partial charge in [-0.3, -0.25) is 0 Å². The summed E-state index contributed by atoms with van der Waals surface area (Å²) in [6.07, 6.45) is -5.33. The fraction of sp³-hybridized carbons (Fsp3) is 0.300. The van der Waals surface area contributed by atoms with Crippen molar-refractivity contribution in [1.29, 1.82) is 0 Å². The molecule has 0 bridgehead atoms. The first-order valence-corrected chi connectivity index (χ1v) is 5.01. The minimum atomic E-state index is -4.28. The molecule has 1 aromatic carbocycles. The molecule has 0 unspecified atom stereocenters. The van der Waals surface area contributed by atoms with Crippen LogP contribution in [0.3, 0.4) is 0 Å². The van der Waals surface area contributed by atoms with Crippen LogP contribution in [0, 0.1) is 0 Å². The number of halogens is 4. The highest BCUT2D eigenvalue weighted by molar-refractivity contribution is 6.34. The van der Waals surface area contributed by atoms with Crippen LogP contribution in [-0.4, -0.2) is 23.8 Å². The molecule has 0 aromatic heterocycles. The minimum Gasteiger partial charge on any atom is -0.478 e. The number of nitrogens with one attached hydrogen (secondary N) is 1. The summed E-state index contributed by atoms with van der Waals surface area (Å²) in [7, 11) is 0. The maximum Gasteiger partial charge on any atom is 0.390 e. The van der Waals surface area contributed by atoms with Crippen LogP contribution in [0.5, 0.6) is 0 Å². The molecule has 0 saturated carbocycles. The summed E-state index contributed by atoms with van der Waals surface area (Å²) in [5.74, 6) is -1.29. The lowest BCUT2D eigenvalue weighted by Crippen LogP contribution is -2.16. The number of hydrogen-bond acceptors (Lipinski definition) is 2. The van der Waals surface area contributed by atoms with Gasteiger partial charge >= 0.3 is 12.1 Å². The zero-order valence-electron chi connectivity index (χ0n) is 8.51. The van der Waals surface area contributed by atoms with Crippen molar-refractivity contribution in [3.8, 4) is 0 Å². The molecule has 0 radical (unpaired) electrons. The van der Waals surface area contributed by atoms with Crippen LogP contribution < -0.4 is 5.32 Å². The molecule has 0 aliphatic heterocycles. The molecule has 0 saturated heterocycles. The Morgan fingerprint density at radius 3 is 2.59 bits per heavy atom. The van der Waals surface area contributed by atoms with E-state index in [-0.39, 0.29) is 16.3 Å². The molecule has 94 valence electrons. The Morgan fingerprint density at radius 2 is 2.06 bits per heavy atom. The number of carboxylic acid groups (broad SMARTS) is 1. The van der Waals surface area contributed by atoms with Gasteiger partial charge in [-0.1, -0.05) is 17.7 Å². The van der Waals surface area contributed by atoms with E-state index < -0.39 is 25.1 Å². The van der Waals surface area contributed by atoms with E-state index in [1.807, 2.05) is 0 Å². The molecule has 1 rings (SSSR count). The third kappa shape index (κ3) is 4.14. The molecular formula is C10H9ClF3NO2. The molecule has 0 heterocycles. The normalized spacial score (nSPS) is 11.3. The fourth-order valence-corrected chi connectivity index (χ4v) is 1.48. The Kier molecular flexibility index (Phi) is 4.22. The molecule has 0 amide bonds. The highest BCUT2D eigenvalue weighted by Crippen LogP contribution is 2.25. The van der Waals surface area contributed by atoms with Gasteiger partial charge in [-0.05, 0) is 12.1 Å². The highest BCUT2D eigenvalue weighted by atomic mass is 35.5. The predicted octanol–water partition coefficient (Wildman–Crippen LogP) is 3.40. The molecule has 1 aromatic rings. The zero-order chi connectivity index (χ0) is 13.1. The van der Waals surface area contributed by atoms with Crippen molar-refractivity contribution in [2.45, 2.75) is 12.6 Å². The van der Waals surface area contributed by atoms with Crippen molar-refractivity contribution in [1.82, 2.24) is 0 Å². The number of aromatic carboxylic acids is 1. The largest absolute Gasteiger partial charge is 0.478 e. The van der Waals surface area contributed by atoms with Gasteiger partial charge in [-0.25, -0.2) is 4.79 Å². The third-order valence-electron chi connectivity index (χ3n) is 1.95. The van der Waals surface area contributed by atoms with Crippen molar-refractivity contribution in [2.24, 2.45) is 0 Å². The fourth-order valence-electron chi connectivity index (χ4n) is 1.23. The molecule has 0 fully saturated rings. The van der Waals surface area contributed by atoms with Crippen LogP contribution in [0.1, 0.15) is 16.8 Å². The summed E-state index contributed by atoms with van der Waals surface area (Å²) >= 11 is 5.65. The maximum atomic E-state index is 11.9. The average molecular weight is 268 g/mol. The topological polar surface area (TPSA) is 49.3 Å². The second-order valence-corrected chi connectivity index (χ2v) is 3.67. The summed E-state index contributed by atoms with van der Waals surface area (Å²) < 4.78 is 35.7. The van der Waals surface area contributed by atoms with E-state index in [0.29, 0.717) is 0 Å². The molecule has 2 N–H and O–H groups in total. The van der Waals surface area contributed by atoms with Crippen LogP contribution >= 0.6 is 11.6 Å². The second-order valence-electron chi connectivity index (χ2n) is 3.26. The Hall–Kier alpha value is -1.43. The first kappa shape index (κ1) is 13.6. The van der Waals surface area contributed by atoms with Gasteiger partial charge in [0.25, 0.3) is 0 Å². The number of hydrogen-bond donors (Lipinski definition) is 2. The maximum absolute atomic E-state index is 11.9. The van der Waals surface area contributed by atoms with Crippen molar-refractivity contribution in [3.63, 3.8) is 0 Å². The highest BCUT2D eigenvalue weighted by Gasteiger charge is 2.26. The van der Waals surface area contributed by atoms with Crippen molar-refractivity contribution in [3.05, 3.63) is 28.8 Å². The Balaban J connectivity index is 2.78. The van der Waals surface area contributed by atoms with E-state index >= 15 is 0 Å². The van der Waals surface area contributed by atoms with Crippen LogP contribution in [0.25, 0.3) is 0 Å². The lowest BCUT2D eigenvalue weighted by Gasteiger charge is -2.11. The summed E-state index contributed by atoms with van der Waals surface area (Å²) in [6, 6.07) is 4.19. The quantitative estimate of drug-likeness (QED) is 0.879. The Bertz CT molecular complexity index is 421. The molecule has 3 nitrogen and oxygen atoms in total. The monoisotopic (exact) mass is 267 g/mol. The van der Waals surface area contributed by atoms with Gasteiger partial charge in [-0.2, -0.15) is 13.2 Å².